The molecule has 0 atom stereocenters. The smallest absolute Gasteiger partial charge is 0.356 e. The molecule has 1 aromatic heterocycles. The molecule has 0 spiro atoms. The van der Waals surface area contributed by atoms with Crippen LogP contribution < -0.4 is 0 Å². The Labute approximate surface area is 164 Å². The van der Waals surface area contributed by atoms with Crippen LogP contribution in [0, 0.1) is 5.82 Å². The van der Waals surface area contributed by atoms with Gasteiger partial charge in [0.1, 0.15) is 5.82 Å². The normalized spacial score (nSPS) is 14.6. The van der Waals surface area contributed by atoms with Gasteiger partial charge in [0.15, 0.2) is 5.69 Å². The highest BCUT2D eigenvalue weighted by molar-refractivity contribution is 6.35. The Morgan fingerprint density at radius 3 is 2.56 bits per heavy atom. The Morgan fingerprint density at radius 2 is 1.89 bits per heavy atom. The summed E-state index contributed by atoms with van der Waals surface area (Å²) in [7, 11) is 0. The summed E-state index contributed by atoms with van der Waals surface area (Å²) < 4.78 is 14.7. The molecular formula is C20H13Cl2FN2O2. The Hall–Kier alpha value is -2.63. The summed E-state index contributed by atoms with van der Waals surface area (Å²) in [6, 6.07) is 11.1. The number of hydrogen-bond donors (Lipinski definition) is 1. The highest BCUT2D eigenvalue weighted by atomic mass is 35.5. The number of hydrogen-bond acceptors (Lipinski definition) is 2. The third-order valence-electron chi connectivity index (χ3n) is 4.48. The van der Waals surface area contributed by atoms with E-state index in [1.807, 2.05) is 6.08 Å². The molecule has 1 heterocycles. The van der Waals surface area contributed by atoms with Crippen LogP contribution in [0.5, 0.6) is 0 Å². The first kappa shape index (κ1) is 17.8. The molecule has 0 saturated carbocycles. The number of fused-ring (bicyclic) bond motifs is 1. The van der Waals surface area contributed by atoms with E-state index in [0.717, 1.165) is 11.1 Å². The topological polar surface area (TPSA) is 55.1 Å². The highest BCUT2D eigenvalue weighted by Crippen LogP contribution is 2.38. The van der Waals surface area contributed by atoms with Gasteiger partial charge in [0, 0.05) is 10.6 Å². The molecule has 1 N–H and O–H groups in total. The van der Waals surface area contributed by atoms with Crippen molar-refractivity contribution in [1.29, 1.82) is 0 Å². The van der Waals surface area contributed by atoms with Gasteiger partial charge in [-0.05, 0) is 60.4 Å². The average Bonchev–Trinajstić information content (AvgIpc) is 3.18. The average molecular weight is 403 g/mol. The lowest BCUT2D eigenvalue weighted by atomic mass is 10.1. The molecule has 0 saturated heterocycles. The maximum atomic E-state index is 13.2. The Bertz CT molecular complexity index is 1090. The lowest BCUT2D eigenvalue weighted by Gasteiger charge is -2.10. The molecule has 4 rings (SSSR count). The highest BCUT2D eigenvalue weighted by Gasteiger charge is 2.30. The Morgan fingerprint density at radius 1 is 1.15 bits per heavy atom. The van der Waals surface area contributed by atoms with Crippen molar-refractivity contribution in [3.8, 4) is 5.69 Å². The van der Waals surface area contributed by atoms with Gasteiger partial charge >= 0.3 is 5.97 Å². The molecule has 1 aliphatic carbocycles. The zero-order valence-corrected chi connectivity index (χ0v) is 15.4. The van der Waals surface area contributed by atoms with Crippen LogP contribution in [0.3, 0.4) is 0 Å². The number of carbonyl (C=O) groups is 1. The fourth-order valence-electron chi connectivity index (χ4n) is 3.29. The first-order chi connectivity index (χ1) is 12.9. The predicted molar refractivity (Wildman–Crippen MR) is 103 cm³/mol. The summed E-state index contributed by atoms with van der Waals surface area (Å²) in [4.78, 5) is 11.7. The van der Waals surface area contributed by atoms with E-state index < -0.39 is 5.97 Å². The molecule has 3 aromatic rings. The van der Waals surface area contributed by atoms with Crippen LogP contribution in [0.2, 0.25) is 10.0 Å². The lowest BCUT2D eigenvalue weighted by Crippen LogP contribution is -2.05. The van der Waals surface area contributed by atoms with E-state index in [1.165, 1.54) is 12.1 Å². The van der Waals surface area contributed by atoms with Crippen LogP contribution in [0.15, 0.2) is 42.5 Å². The van der Waals surface area contributed by atoms with Gasteiger partial charge in [0.05, 0.1) is 16.4 Å². The molecule has 7 heteroatoms. The number of halogens is 3. The van der Waals surface area contributed by atoms with E-state index in [0.29, 0.717) is 39.8 Å². The van der Waals surface area contributed by atoms with Crippen molar-refractivity contribution in [2.75, 3.05) is 0 Å². The number of aromatic carboxylic acids is 1. The second kappa shape index (κ2) is 6.83. The first-order valence-corrected chi connectivity index (χ1v) is 8.97. The summed E-state index contributed by atoms with van der Waals surface area (Å²) >= 11 is 12.3. The van der Waals surface area contributed by atoms with Gasteiger partial charge < -0.3 is 5.11 Å². The lowest BCUT2D eigenvalue weighted by molar-refractivity contribution is 0.0689. The van der Waals surface area contributed by atoms with E-state index in [2.05, 4.69) is 5.10 Å². The number of aromatic nitrogens is 2. The Balaban J connectivity index is 1.90. The second-order valence-electron chi connectivity index (χ2n) is 6.21. The molecule has 0 bridgehead atoms. The van der Waals surface area contributed by atoms with Crippen LogP contribution in [0.25, 0.3) is 17.3 Å². The van der Waals surface area contributed by atoms with Gasteiger partial charge in [-0.2, -0.15) is 5.10 Å². The molecule has 136 valence electrons. The number of carboxylic acids is 1. The van der Waals surface area contributed by atoms with Gasteiger partial charge in [-0.1, -0.05) is 35.3 Å². The number of allylic oxidation sites excluding steroid dienone is 1. The molecule has 27 heavy (non-hydrogen) atoms. The molecule has 2 aromatic carbocycles. The minimum atomic E-state index is -1.09. The number of carboxylic acid groups (broad SMARTS) is 1. The molecule has 0 unspecified atom stereocenters. The first-order valence-electron chi connectivity index (χ1n) is 8.21. The summed E-state index contributed by atoms with van der Waals surface area (Å²) in [5, 5.41) is 14.7. The monoisotopic (exact) mass is 402 g/mol. The fraction of sp³-hybridized carbons (Fsp3) is 0.100. The van der Waals surface area contributed by atoms with E-state index in [-0.39, 0.29) is 11.5 Å². The SMILES string of the molecule is O=C(O)c1nn(-c2ccc(Cl)cc2Cl)c2c1CC/C2=C\c1ccc(F)cc1. The van der Waals surface area contributed by atoms with Gasteiger partial charge in [-0.3, -0.25) is 0 Å². The molecule has 4 nitrogen and oxygen atoms in total. The standard InChI is InChI=1S/C20H13Cl2FN2O2/c21-13-4-8-17(16(22)10-13)25-19-12(9-11-1-5-14(23)6-2-11)3-7-15(19)18(24-25)20(26)27/h1-2,4-6,8-10H,3,7H2,(H,26,27)/b12-9+. The molecule has 1 aliphatic rings. The predicted octanol–water partition coefficient (Wildman–Crippen LogP) is 5.50. The number of benzene rings is 2. The molecule has 0 amide bonds. The van der Waals surface area contributed by atoms with Crippen molar-refractivity contribution in [3.63, 3.8) is 0 Å². The van der Waals surface area contributed by atoms with E-state index >= 15 is 0 Å². The van der Waals surface area contributed by atoms with Crippen LogP contribution in [-0.2, 0) is 6.42 Å². The number of rotatable bonds is 3. The van der Waals surface area contributed by atoms with Crippen molar-refractivity contribution >= 4 is 40.8 Å². The third kappa shape index (κ3) is 3.24. The van der Waals surface area contributed by atoms with Crippen molar-refractivity contribution in [1.82, 2.24) is 9.78 Å². The van der Waals surface area contributed by atoms with Crippen LogP contribution in [0.4, 0.5) is 4.39 Å². The molecule has 0 fully saturated rings. The van der Waals surface area contributed by atoms with Crippen molar-refractivity contribution in [2.24, 2.45) is 0 Å². The van der Waals surface area contributed by atoms with Crippen LogP contribution >= 0.6 is 23.2 Å². The van der Waals surface area contributed by atoms with Crippen LogP contribution in [0.1, 0.15) is 33.7 Å². The molecular weight excluding hydrogens is 390 g/mol. The molecule has 0 aliphatic heterocycles. The van der Waals surface area contributed by atoms with Gasteiger partial charge in [0.25, 0.3) is 0 Å². The fourth-order valence-corrected chi connectivity index (χ4v) is 3.78. The summed E-state index contributed by atoms with van der Waals surface area (Å²) in [5.41, 5.74) is 3.69. The van der Waals surface area contributed by atoms with Gasteiger partial charge in [-0.15, -0.1) is 0 Å². The van der Waals surface area contributed by atoms with E-state index in [9.17, 15) is 14.3 Å². The van der Waals surface area contributed by atoms with Crippen molar-refractivity contribution in [3.05, 3.63) is 80.8 Å². The zero-order chi connectivity index (χ0) is 19.1. The maximum absolute atomic E-state index is 13.2. The minimum absolute atomic E-state index is 0.0125. The van der Waals surface area contributed by atoms with Crippen molar-refractivity contribution in [2.45, 2.75) is 12.8 Å². The van der Waals surface area contributed by atoms with Crippen LogP contribution in [-0.4, -0.2) is 20.9 Å². The Kier molecular flexibility index (Phi) is 4.50. The van der Waals surface area contributed by atoms with E-state index in [1.54, 1.807) is 35.0 Å². The maximum Gasteiger partial charge on any atom is 0.356 e. The summed E-state index contributed by atoms with van der Waals surface area (Å²) in [6.07, 6.45) is 3.14. The summed E-state index contributed by atoms with van der Waals surface area (Å²) in [5.74, 6) is -1.39. The third-order valence-corrected chi connectivity index (χ3v) is 5.02. The largest absolute Gasteiger partial charge is 0.476 e. The van der Waals surface area contributed by atoms with E-state index in [4.69, 9.17) is 23.2 Å². The quantitative estimate of drug-likeness (QED) is 0.628. The van der Waals surface area contributed by atoms with Crippen molar-refractivity contribution < 1.29 is 14.3 Å². The van der Waals surface area contributed by atoms with Gasteiger partial charge in [-0.25, -0.2) is 13.9 Å². The summed E-state index contributed by atoms with van der Waals surface area (Å²) in [6.45, 7) is 0. The molecule has 0 radical (unpaired) electrons. The minimum Gasteiger partial charge on any atom is -0.476 e. The number of nitrogens with zero attached hydrogens (tertiary/aromatic N) is 2. The second-order valence-corrected chi connectivity index (χ2v) is 7.05. The van der Waals surface area contributed by atoms with Gasteiger partial charge in [0.2, 0.25) is 0 Å². The zero-order valence-electron chi connectivity index (χ0n) is 13.9.